The van der Waals surface area contributed by atoms with Gasteiger partial charge in [-0.25, -0.2) is 4.79 Å². The van der Waals surface area contributed by atoms with E-state index in [-0.39, 0.29) is 6.03 Å². The molecule has 2 aromatic rings. The summed E-state index contributed by atoms with van der Waals surface area (Å²) in [6.07, 6.45) is 0.583. The molecule has 1 heterocycles. The summed E-state index contributed by atoms with van der Waals surface area (Å²) in [6.45, 7) is 11.9. The molecular formula is C25H29N3OSi. The van der Waals surface area contributed by atoms with Gasteiger partial charge < -0.3 is 10.2 Å². The van der Waals surface area contributed by atoms with Crippen molar-refractivity contribution in [2.24, 2.45) is 0 Å². The van der Waals surface area contributed by atoms with E-state index in [9.17, 15) is 10.1 Å². The second-order valence-electron chi connectivity index (χ2n) is 9.14. The van der Waals surface area contributed by atoms with Crippen LogP contribution in [0.25, 0.3) is 0 Å². The van der Waals surface area contributed by atoms with Crippen molar-refractivity contribution in [1.82, 2.24) is 4.90 Å². The van der Waals surface area contributed by atoms with Gasteiger partial charge >= 0.3 is 6.03 Å². The molecule has 4 nitrogen and oxygen atoms in total. The average molecular weight is 416 g/mol. The molecule has 0 spiro atoms. The summed E-state index contributed by atoms with van der Waals surface area (Å²) in [5.41, 5.74) is 7.56. The molecule has 0 saturated carbocycles. The van der Waals surface area contributed by atoms with Crippen LogP contribution in [0, 0.1) is 22.8 Å². The Morgan fingerprint density at radius 1 is 1.20 bits per heavy atom. The van der Waals surface area contributed by atoms with Gasteiger partial charge in [0.2, 0.25) is 0 Å². The first-order valence-corrected chi connectivity index (χ1v) is 13.9. The Bertz CT molecular complexity index is 1070. The van der Waals surface area contributed by atoms with Gasteiger partial charge in [0.1, 0.15) is 8.07 Å². The van der Waals surface area contributed by atoms with E-state index in [2.05, 4.69) is 54.6 Å². The Morgan fingerprint density at radius 2 is 1.97 bits per heavy atom. The first kappa shape index (κ1) is 21.7. The summed E-state index contributed by atoms with van der Waals surface area (Å²) in [6, 6.07) is 16.6. The number of hydrogen-bond acceptors (Lipinski definition) is 2. The number of anilines is 1. The number of hydrogen-bond donors (Lipinski definition) is 1. The van der Waals surface area contributed by atoms with E-state index in [1.165, 1.54) is 0 Å². The number of carbonyl (C=O) groups is 1. The molecule has 3 rings (SSSR count). The normalized spacial score (nSPS) is 15.2. The van der Waals surface area contributed by atoms with Crippen molar-refractivity contribution in [3.63, 3.8) is 0 Å². The zero-order valence-corrected chi connectivity index (χ0v) is 19.5. The van der Waals surface area contributed by atoms with E-state index >= 15 is 0 Å². The summed E-state index contributed by atoms with van der Waals surface area (Å²) < 4.78 is 0. The van der Waals surface area contributed by atoms with Gasteiger partial charge in [-0.15, -0.1) is 5.54 Å². The Balaban J connectivity index is 1.89. The van der Waals surface area contributed by atoms with Crippen molar-refractivity contribution in [2.75, 3.05) is 11.9 Å². The first-order chi connectivity index (χ1) is 14.1. The Morgan fingerprint density at radius 3 is 2.63 bits per heavy atom. The van der Waals surface area contributed by atoms with Crippen molar-refractivity contribution in [3.05, 3.63) is 64.7 Å². The molecule has 0 bridgehead atoms. The van der Waals surface area contributed by atoms with Gasteiger partial charge in [-0.1, -0.05) is 49.8 Å². The highest BCUT2D eigenvalue weighted by molar-refractivity contribution is 6.83. The molecule has 2 amide bonds. The van der Waals surface area contributed by atoms with Crippen molar-refractivity contribution < 1.29 is 4.79 Å². The fraction of sp³-hybridized carbons (Fsp3) is 0.360. The Labute approximate surface area is 180 Å². The van der Waals surface area contributed by atoms with E-state index < -0.39 is 13.5 Å². The topological polar surface area (TPSA) is 56.1 Å². The predicted molar refractivity (Wildman–Crippen MR) is 125 cm³/mol. The molecule has 1 unspecified atom stereocenters. The van der Waals surface area contributed by atoms with Crippen molar-refractivity contribution in [2.45, 2.75) is 51.9 Å². The number of carbonyl (C=O) groups excluding carboxylic acids is 1. The van der Waals surface area contributed by atoms with E-state index in [0.29, 0.717) is 19.5 Å². The molecule has 0 aromatic heterocycles. The maximum atomic E-state index is 12.2. The standard InChI is InChI=1S/C25H29N3OSi/c1-6-28-17-21-10-11-22(15-23(21)27-24(28)29)25(2,18-26)16-20-9-7-8-19(14-20)12-13-30(3,4)5/h7-11,14-15H,6,16-17H2,1-5H3,(H,27,29). The number of nitrogens with one attached hydrogen (secondary N) is 1. The largest absolute Gasteiger partial charge is 0.322 e. The SMILES string of the molecule is CCN1Cc2ccc(C(C)(C#N)Cc3cccc(C#C[Si](C)(C)C)c3)cc2NC1=O. The second-order valence-corrected chi connectivity index (χ2v) is 13.9. The number of urea groups is 1. The highest BCUT2D eigenvalue weighted by Gasteiger charge is 2.29. The molecule has 0 aliphatic carbocycles. The van der Waals surface area contributed by atoms with Crippen LogP contribution in [0.5, 0.6) is 0 Å². The Hall–Kier alpha value is -3.02. The molecule has 1 atom stereocenters. The monoisotopic (exact) mass is 415 g/mol. The maximum Gasteiger partial charge on any atom is 0.322 e. The lowest BCUT2D eigenvalue weighted by atomic mass is 9.78. The molecule has 154 valence electrons. The minimum absolute atomic E-state index is 0.0884. The zero-order valence-electron chi connectivity index (χ0n) is 18.5. The molecule has 2 aromatic carbocycles. The smallest absolute Gasteiger partial charge is 0.320 e. The van der Waals surface area contributed by atoms with Crippen LogP contribution in [0.3, 0.4) is 0 Å². The predicted octanol–water partition coefficient (Wildman–Crippen LogP) is 5.31. The third-order valence-electron chi connectivity index (χ3n) is 5.33. The van der Waals surface area contributed by atoms with Crippen molar-refractivity contribution in [3.8, 4) is 17.5 Å². The number of amides is 2. The van der Waals surface area contributed by atoms with E-state index in [4.69, 9.17) is 0 Å². The minimum Gasteiger partial charge on any atom is -0.320 e. The lowest BCUT2D eigenvalue weighted by molar-refractivity contribution is 0.210. The third-order valence-corrected chi connectivity index (χ3v) is 6.21. The molecule has 1 aliphatic heterocycles. The fourth-order valence-electron chi connectivity index (χ4n) is 3.53. The number of nitrogens with zero attached hydrogens (tertiary/aromatic N) is 2. The summed E-state index contributed by atoms with van der Waals surface area (Å²) in [5.74, 6) is 3.30. The summed E-state index contributed by atoms with van der Waals surface area (Å²) in [4.78, 5) is 14.0. The summed E-state index contributed by atoms with van der Waals surface area (Å²) >= 11 is 0. The average Bonchev–Trinajstić information content (AvgIpc) is 2.71. The summed E-state index contributed by atoms with van der Waals surface area (Å²) in [7, 11) is -1.44. The highest BCUT2D eigenvalue weighted by Crippen LogP contribution is 2.33. The number of benzene rings is 2. The van der Waals surface area contributed by atoms with Crippen LogP contribution >= 0.6 is 0 Å². The lowest BCUT2D eigenvalue weighted by Crippen LogP contribution is -2.38. The molecule has 0 fully saturated rings. The molecule has 0 radical (unpaired) electrons. The van der Waals surface area contributed by atoms with Crippen LogP contribution < -0.4 is 5.32 Å². The number of fused-ring (bicyclic) bond motifs is 1. The van der Waals surface area contributed by atoms with Crippen LogP contribution in [0.1, 0.15) is 36.1 Å². The van der Waals surface area contributed by atoms with Crippen LogP contribution in [0.2, 0.25) is 19.6 Å². The second kappa shape index (κ2) is 8.38. The van der Waals surface area contributed by atoms with E-state index in [1.807, 2.05) is 44.2 Å². The van der Waals surface area contributed by atoms with Gasteiger partial charge in [-0.05, 0) is 55.2 Å². The van der Waals surface area contributed by atoms with Crippen molar-refractivity contribution >= 4 is 19.8 Å². The van der Waals surface area contributed by atoms with Gasteiger partial charge in [0, 0.05) is 24.3 Å². The van der Waals surface area contributed by atoms with Gasteiger partial charge in [0.25, 0.3) is 0 Å². The van der Waals surface area contributed by atoms with Gasteiger partial charge in [0.15, 0.2) is 0 Å². The molecule has 0 saturated heterocycles. The van der Waals surface area contributed by atoms with E-state index in [0.717, 1.165) is 27.9 Å². The van der Waals surface area contributed by atoms with Gasteiger partial charge in [0.05, 0.1) is 11.5 Å². The molecule has 30 heavy (non-hydrogen) atoms. The van der Waals surface area contributed by atoms with Gasteiger partial charge in [-0.2, -0.15) is 5.26 Å². The maximum absolute atomic E-state index is 12.2. The Kier molecular flexibility index (Phi) is 6.06. The molecule has 1 aliphatic rings. The molecule has 1 N–H and O–H groups in total. The van der Waals surface area contributed by atoms with E-state index in [1.54, 1.807) is 4.90 Å². The number of rotatable bonds is 4. The minimum atomic E-state index is -1.44. The fourth-order valence-corrected chi connectivity index (χ4v) is 4.05. The van der Waals surface area contributed by atoms with Crippen LogP contribution in [0.4, 0.5) is 10.5 Å². The van der Waals surface area contributed by atoms with Crippen LogP contribution in [-0.2, 0) is 18.4 Å². The molecular weight excluding hydrogens is 386 g/mol. The van der Waals surface area contributed by atoms with Crippen LogP contribution in [0.15, 0.2) is 42.5 Å². The molecule has 5 heteroatoms. The quantitative estimate of drug-likeness (QED) is 0.544. The van der Waals surface area contributed by atoms with Crippen LogP contribution in [-0.4, -0.2) is 25.5 Å². The van der Waals surface area contributed by atoms with Gasteiger partial charge in [-0.3, -0.25) is 0 Å². The summed E-state index contributed by atoms with van der Waals surface area (Å²) in [5, 5.41) is 13.0. The highest BCUT2D eigenvalue weighted by atomic mass is 28.3. The third kappa shape index (κ3) is 4.93. The zero-order chi connectivity index (χ0) is 21.9. The number of nitriles is 1. The van der Waals surface area contributed by atoms with Crippen molar-refractivity contribution in [1.29, 1.82) is 5.26 Å². The lowest BCUT2D eigenvalue weighted by Gasteiger charge is -2.30. The first-order valence-electron chi connectivity index (χ1n) is 10.4.